The van der Waals surface area contributed by atoms with Crippen molar-refractivity contribution in [1.29, 1.82) is 0 Å². The van der Waals surface area contributed by atoms with Crippen LogP contribution >= 0.6 is 0 Å². The van der Waals surface area contributed by atoms with Gasteiger partial charge in [0, 0.05) is 5.69 Å². The highest BCUT2D eigenvalue weighted by Gasteiger charge is 2.30. The molecule has 26 heavy (non-hydrogen) atoms. The molecule has 1 aliphatic heterocycles. The van der Waals surface area contributed by atoms with Crippen LogP contribution in [0.15, 0.2) is 60.9 Å². The predicted molar refractivity (Wildman–Crippen MR) is 94.3 cm³/mol. The zero-order valence-electron chi connectivity index (χ0n) is 13.6. The van der Waals surface area contributed by atoms with Crippen LogP contribution < -0.4 is 15.4 Å². The summed E-state index contributed by atoms with van der Waals surface area (Å²) in [6.45, 7) is 0. The molecule has 1 atom stereocenters. The summed E-state index contributed by atoms with van der Waals surface area (Å²) in [7, 11) is 0. The zero-order valence-corrected chi connectivity index (χ0v) is 13.6. The number of ether oxygens (including phenoxy) is 1. The summed E-state index contributed by atoms with van der Waals surface area (Å²) in [5.74, 6) is 1.08. The van der Waals surface area contributed by atoms with Crippen molar-refractivity contribution in [3.05, 3.63) is 60.9 Å². The van der Waals surface area contributed by atoms with Crippen LogP contribution in [0.5, 0.6) is 11.5 Å². The molecule has 0 saturated carbocycles. The molecule has 130 valence electrons. The Morgan fingerprint density at radius 3 is 2.62 bits per heavy atom. The summed E-state index contributed by atoms with van der Waals surface area (Å²) in [4.78, 5) is 28.3. The smallest absolute Gasteiger partial charge is 0.252 e. The number of carbonyl (C=O) groups excluding carboxylic acids is 2. The van der Waals surface area contributed by atoms with Crippen molar-refractivity contribution in [1.82, 2.24) is 14.8 Å². The van der Waals surface area contributed by atoms with E-state index in [-0.39, 0.29) is 24.2 Å². The standard InChI is InChI=1S/C18H15N5O3/c24-16-10-15(22-18-19-11-20-23(16)18)17(25)21-12-6-8-14(9-7-12)26-13-4-2-1-3-5-13/h1-9,11,15H,10H2,(H,21,25)(H,19,20,22)/t15-/m0/s1. The van der Waals surface area contributed by atoms with Gasteiger partial charge in [-0.3, -0.25) is 9.59 Å². The third kappa shape index (κ3) is 3.25. The molecular formula is C18H15N5O3. The van der Waals surface area contributed by atoms with Crippen molar-refractivity contribution in [3.63, 3.8) is 0 Å². The van der Waals surface area contributed by atoms with Gasteiger partial charge in [0.25, 0.3) is 5.91 Å². The minimum absolute atomic E-state index is 0.0113. The number of rotatable bonds is 4. The lowest BCUT2D eigenvalue weighted by Crippen LogP contribution is -2.42. The van der Waals surface area contributed by atoms with E-state index in [1.807, 2.05) is 30.3 Å². The Hall–Kier alpha value is -3.68. The quantitative estimate of drug-likeness (QED) is 0.751. The highest BCUT2D eigenvalue weighted by molar-refractivity contribution is 6.01. The van der Waals surface area contributed by atoms with Gasteiger partial charge < -0.3 is 15.4 Å². The molecule has 2 aromatic carbocycles. The minimum Gasteiger partial charge on any atom is -0.457 e. The monoisotopic (exact) mass is 349 g/mol. The molecule has 1 aromatic heterocycles. The molecule has 8 heteroatoms. The van der Waals surface area contributed by atoms with Crippen molar-refractivity contribution in [2.75, 3.05) is 10.6 Å². The van der Waals surface area contributed by atoms with Gasteiger partial charge in [-0.15, -0.1) is 0 Å². The predicted octanol–water partition coefficient (Wildman–Crippen LogP) is 2.53. The van der Waals surface area contributed by atoms with Gasteiger partial charge in [0.1, 0.15) is 23.9 Å². The minimum atomic E-state index is -0.695. The molecule has 1 amide bonds. The molecule has 8 nitrogen and oxygen atoms in total. The Morgan fingerprint density at radius 1 is 1.12 bits per heavy atom. The molecule has 3 aromatic rings. The third-order valence-corrected chi connectivity index (χ3v) is 3.88. The van der Waals surface area contributed by atoms with E-state index in [2.05, 4.69) is 20.7 Å². The lowest BCUT2D eigenvalue weighted by atomic mass is 10.1. The van der Waals surface area contributed by atoms with Crippen LogP contribution in [0.4, 0.5) is 11.6 Å². The first kappa shape index (κ1) is 15.8. The lowest BCUT2D eigenvalue weighted by Gasteiger charge is -2.22. The molecule has 2 N–H and O–H groups in total. The van der Waals surface area contributed by atoms with Gasteiger partial charge in [-0.25, -0.2) is 0 Å². The van der Waals surface area contributed by atoms with Crippen LogP contribution in [-0.2, 0) is 4.79 Å². The SMILES string of the molecule is O=C(Nc1ccc(Oc2ccccc2)cc1)[C@@H]1CC(=O)n2ncnc2N1. The van der Waals surface area contributed by atoms with Crippen molar-refractivity contribution in [3.8, 4) is 11.5 Å². The van der Waals surface area contributed by atoms with E-state index in [1.165, 1.54) is 6.33 Å². The third-order valence-electron chi connectivity index (χ3n) is 3.88. The van der Waals surface area contributed by atoms with Gasteiger partial charge in [0.05, 0.1) is 6.42 Å². The summed E-state index contributed by atoms with van der Waals surface area (Å²) in [6, 6.07) is 15.7. The van der Waals surface area contributed by atoms with E-state index in [0.29, 0.717) is 11.4 Å². The first-order valence-corrected chi connectivity index (χ1v) is 8.02. The number of para-hydroxylation sites is 1. The summed E-state index contributed by atoms with van der Waals surface area (Å²) < 4.78 is 6.86. The second-order valence-corrected chi connectivity index (χ2v) is 5.72. The highest BCUT2D eigenvalue weighted by Crippen LogP contribution is 2.23. The Balaban J connectivity index is 1.40. The van der Waals surface area contributed by atoms with Crippen LogP contribution in [0, 0.1) is 0 Å². The Labute approximate surface area is 148 Å². The maximum absolute atomic E-state index is 12.4. The number of carbonyl (C=O) groups is 2. The fraction of sp³-hybridized carbons (Fsp3) is 0.111. The van der Waals surface area contributed by atoms with E-state index in [4.69, 9.17) is 4.74 Å². The maximum atomic E-state index is 12.4. The molecule has 0 saturated heterocycles. The Bertz CT molecular complexity index is 937. The number of nitrogens with one attached hydrogen (secondary N) is 2. The van der Waals surface area contributed by atoms with Crippen LogP contribution in [-0.4, -0.2) is 32.6 Å². The number of nitrogens with zero attached hydrogens (tertiary/aromatic N) is 3. The van der Waals surface area contributed by atoms with Crippen molar-refractivity contribution < 1.29 is 14.3 Å². The van der Waals surface area contributed by atoms with Gasteiger partial charge in [-0.2, -0.15) is 14.8 Å². The van der Waals surface area contributed by atoms with Crippen molar-refractivity contribution >= 4 is 23.5 Å². The van der Waals surface area contributed by atoms with Crippen LogP contribution in [0.1, 0.15) is 11.2 Å². The first-order chi connectivity index (χ1) is 12.7. The Kier molecular flexibility index (Phi) is 4.06. The maximum Gasteiger partial charge on any atom is 0.252 e. The summed E-state index contributed by atoms with van der Waals surface area (Å²) in [5.41, 5.74) is 0.608. The van der Waals surface area contributed by atoms with Gasteiger partial charge in [-0.1, -0.05) is 18.2 Å². The zero-order chi connectivity index (χ0) is 17.9. The average Bonchev–Trinajstić information content (AvgIpc) is 3.13. The van der Waals surface area contributed by atoms with Gasteiger partial charge >= 0.3 is 0 Å². The number of aromatic nitrogens is 3. The number of benzene rings is 2. The molecule has 4 rings (SSSR count). The second-order valence-electron chi connectivity index (χ2n) is 5.72. The molecule has 0 aliphatic carbocycles. The number of hydrogen-bond donors (Lipinski definition) is 2. The van der Waals surface area contributed by atoms with E-state index < -0.39 is 6.04 Å². The van der Waals surface area contributed by atoms with E-state index in [9.17, 15) is 9.59 Å². The second kappa shape index (κ2) is 6.67. The van der Waals surface area contributed by atoms with Gasteiger partial charge in [0.2, 0.25) is 11.9 Å². The fourth-order valence-electron chi connectivity index (χ4n) is 2.61. The summed E-state index contributed by atoms with van der Waals surface area (Å²) >= 11 is 0. The van der Waals surface area contributed by atoms with Crippen LogP contribution in [0.3, 0.4) is 0 Å². The molecule has 0 fully saturated rings. The Morgan fingerprint density at radius 2 is 1.85 bits per heavy atom. The van der Waals surface area contributed by atoms with Crippen LogP contribution in [0.25, 0.3) is 0 Å². The molecule has 0 unspecified atom stereocenters. The van der Waals surface area contributed by atoms with Gasteiger partial charge in [0.15, 0.2) is 0 Å². The molecule has 0 radical (unpaired) electrons. The average molecular weight is 349 g/mol. The number of anilines is 2. The number of hydrogen-bond acceptors (Lipinski definition) is 6. The van der Waals surface area contributed by atoms with Crippen molar-refractivity contribution in [2.24, 2.45) is 0 Å². The number of fused-ring (bicyclic) bond motifs is 1. The molecule has 2 heterocycles. The fourth-order valence-corrected chi connectivity index (χ4v) is 2.61. The first-order valence-electron chi connectivity index (χ1n) is 8.02. The summed E-state index contributed by atoms with van der Waals surface area (Å²) in [6.07, 6.45) is 1.28. The lowest BCUT2D eigenvalue weighted by molar-refractivity contribution is -0.117. The van der Waals surface area contributed by atoms with Crippen LogP contribution in [0.2, 0.25) is 0 Å². The number of amides is 1. The molecule has 1 aliphatic rings. The summed E-state index contributed by atoms with van der Waals surface area (Å²) in [5, 5.41) is 9.49. The largest absolute Gasteiger partial charge is 0.457 e. The molecule has 0 bridgehead atoms. The molecule has 0 spiro atoms. The van der Waals surface area contributed by atoms with E-state index in [0.717, 1.165) is 10.4 Å². The normalized spacial score (nSPS) is 15.7. The topological polar surface area (TPSA) is 98.1 Å². The highest BCUT2D eigenvalue weighted by atomic mass is 16.5. The van der Waals surface area contributed by atoms with E-state index >= 15 is 0 Å². The van der Waals surface area contributed by atoms with Crippen molar-refractivity contribution in [2.45, 2.75) is 12.5 Å². The molecular weight excluding hydrogens is 334 g/mol. The van der Waals surface area contributed by atoms with Gasteiger partial charge in [-0.05, 0) is 36.4 Å². The van der Waals surface area contributed by atoms with E-state index in [1.54, 1.807) is 24.3 Å².